The summed E-state index contributed by atoms with van der Waals surface area (Å²) in [6.45, 7) is 8.32. The van der Waals surface area contributed by atoms with E-state index in [0.717, 1.165) is 17.7 Å². The SMILES string of the molecule is C=CCC(CCc1ccc(OCCCCCCC)cc1)(C(=O)O)C(=O)OCC. The molecule has 156 valence electrons. The molecule has 1 atom stereocenters. The first-order valence-corrected chi connectivity index (χ1v) is 10.2. The van der Waals surface area contributed by atoms with Crippen LogP contribution in [0, 0.1) is 5.41 Å². The zero-order valence-electron chi connectivity index (χ0n) is 17.2. The van der Waals surface area contributed by atoms with Crippen molar-refractivity contribution in [2.75, 3.05) is 13.2 Å². The molecule has 0 amide bonds. The van der Waals surface area contributed by atoms with Crippen LogP contribution < -0.4 is 4.74 Å². The topological polar surface area (TPSA) is 72.8 Å². The van der Waals surface area contributed by atoms with E-state index in [1.54, 1.807) is 6.92 Å². The summed E-state index contributed by atoms with van der Waals surface area (Å²) in [5, 5.41) is 9.68. The van der Waals surface area contributed by atoms with Crippen molar-refractivity contribution in [1.29, 1.82) is 0 Å². The molecular formula is C23H34O5. The van der Waals surface area contributed by atoms with Crippen LogP contribution in [0.1, 0.15) is 64.4 Å². The van der Waals surface area contributed by atoms with Crippen molar-refractivity contribution in [3.8, 4) is 5.75 Å². The number of carbonyl (C=O) groups excluding carboxylic acids is 1. The second kappa shape index (κ2) is 13.0. The highest BCUT2D eigenvalue weighted by molar-refractivity contribution is 5.99. The van der Waals surface area contributed by atoms with Gasteiger partial charge in [0.15, 0.2) is 5.41 Å². The van der Waals surface area contributed by atoms with Gasteiger partial charge in [0.1, 0.15) is 5.75 Å². The molecule has 0 saturated carbocycles. The van der Waals surface area contributed by atoms with Crippen LogP contribution in [0.15, 0.2) is 36.9 Å². The van der Waals surface area contributed by atoms with Gasteiger partial charge in [0, 0.05) is 0 Å². The number of ether oxygens (including phenoxy) is 2. The summed E-state index contributed by atoms with van der Waals surface area (Å²) in [6.07, 6.45) is 8.09. The Kier molecular flexibility index (Phi) is 11.0. The third kappa shape index (κ3) is 7.37. The number of rotatable bonds is 15. The predicted molar refractivity (Wildman–Crippen MR) is 111 cm³/mol. The Morgan fingerprint density at radius 1 is 1.11 bits per heavy atom. The van der Waals surface area contributed by atoms with Gasteiger partial charge in [0.05, 0.1) is 13.2 Å². The van der Waals surface area contributed by atoms with E-state index in [1.165, 1.54) is 31.8 Å². The zero-order chi connectivity index (χ0) is 20.8. The molecule has 0 fully saturated rings. The highest BCUT2D eigenvalue weighted by atomic mass is 16.5. The standard InChI is InChI=1S/C23H34O5/c1-4-7-8-9-10-18-28-20-13-11-19(12-14-20)15-17-23(16-5-2,21(24)25)22(26)27-6-3/h5,11-14H,2,4,6-10,15-18H2,1,3H3,(H,24,25). The van der Waals surface area contributed by atoms with Gasteiger partial charge in [-0.1, -0.05) is 50.8 Å². The van der Waals surface area contributed by atoms with E-state index in [9.17, 15) is 14.7 Å². The fourth-order valence-corrected chi connectivity index (χ4v) is 3.09. The van der Waals surface area contributed by atoms with Crippen LogP contribution in [0.25, 0.3) is 0 Å². The van der Waals surface area contributed by atoms with E-state index in [0.29, 0.717) is 13.0 Å². The lowest BCUT2D eigenvalue weighted by atomic mass is 9.79. The lowest BCUT2D eigenvalue weighted by Gasteiger charge is -2.26. The van der Waals surface area contributed by atoms with Crippen molar-refractivity contribution in [1.82, 2.24) is 0 Å². The highest BCUT2D eigenvalue weighted by Crippen LogP contribution is 2.32. The van der Waals surface area contributed by atoms with Gasteiger partial charge in [0.25, 0.3) is 0 Å². The maximum atomic E-state index is 12.3. The summed E-state index contributed by atoms with van der Waals surface area (Å²) in [5.41, 5.74) is -0.639. The molecule has 0 aromatic heterocycles. The van der Waals surface area contributed by atoms with Crippen LogP contribution in [0.2, 0.25) is 0 Å². The fraction of sp³-hybridized carbons (Fsp3) is 0.565. The number of aliphatic carboxylic acids is 1. The summed E-state index contributed by atoms with van der Waals surface area (Å²) >= 11 is 0. The number of aryl methyl sites for hydroxylation is 1. The molecule has 0 spiro atoms. The summed E-state index contributed by atoms with van der Waals surface area (Å²) in [5.74, 6) is -1.07. The second-order valence-corrected chi connectivity index (χ2v) is 7.01. The minimum absolute atomic E-state index is 0.0421. The van der Waals surface area contributed by atoms with Gasteiger partial charge in [0.2, 0.25) is 0 Å². The molecule has 0 saturated heterocycles. The summed E-state index contributed by atoms with van der Waals surface area (Å²) in [4.78, 5) is 24.2. The Balaban J connectivity index is 2.62. The van der Waals surface area contributed by atoms with E-state index in [1.807, 2.05) is 24.3 Å². The maximum Gasteiger partial charge on any atom is 0.323 e. The minimum atomic E-state index is -1.59. The Labute approximate surface area is 168 Å². The molecule has 1 N–H and O–H groups in total. The number of carbonyl (C=O) groups is 2. The van der Waals surface area contributed by atoms with Crippen molar-refractivity contribution in [3.05, 3.63) is 42.5 Å². The molecule has 0 aliphatic carbocycles. The molecule has 1 unspecified atom stereocenters. The number of benzene rings is 1. The Morgan fingerprint density at radius 3 is 2.36 bits per heavy atom. The van der Waals surface area contributed by atoms with Crippen LogP contribution in [0.4, 0.5) is 0 Å². The Morgan fingerprint density at radius 2 is 1.79 bits per heavy atom. The maximum absolute atomic E-state index is 12.3. The Bertz CT molecular complexity index is 608. The van der Waals surface area contributed by atoms with Gasteiger partial charge < -0.3 is 14.6 Å². The molecule has 1 aromatic carbocycles. The van der Waals surface area contributed by atoms with E-state index in [2.05, 4.69) is 13.5 Å². The van der Waals surface area contributed by atoms with Crippen molar-refractivity contribution in [2.24, 2.45) is 5.41 Å². The molecule has 5 nitrogen and oxygen atoms in total. The lowest BCUT2D eigenvalue weighted by Crippen LogP contribution is -2.41. The first-order valence-electron chi connectivity index (χ1n) is 10.2. The predicted octanol–water partition coefficient (Wildman–Crippen LogP) is 5.18. The smallest absolute Gasteiger partial charge is 0.323 e. The van der Waals surface area contributed by atoms with Crippen LogP contribution in [-0.4, -0.2) is 30.3 Å². The first-order chi connectivity index (χ1) is 13.5. The Hall–Kier alpha value is -2.30. The summed E-state index contributed by atoms with van der Waals surface area (Å²) < 4.78 is 10.8. The molecule has 1 rings (SSSR count). The average molecular weight is 391 g/mol. The number of carboxylic acid groups (broad SMARTS) is 1. The van der Waals surface area contributed by atoms with Gasteiger partial charge in [-0.3, -0.25) is 9.59 Å². The highest BCUT2D eigenvalue weighted by Gasteiger charge is 2.46. The van der Waals surface area contributed by atoms with Gasteiger partial charge >= 0.3 is 11.9 Å². The summed E-state index contributed by atoms with van der Waals surface area (Å²) in [7, 11) is 0. The van der Waals surface area contributed by atoms with Gasteiger partial charge in [-0.15, -0.1) is 6.58 Å². The molecule has 0 bridgehead atoms. The second-order valence-electron chi connectivity index (χ2n) is 7.01. The van der Waals surface area contributed by atoms with E-state index < -0.39 is 17.4 Å². The van der Waals surface area contributed by atoms with Crippen LogP contribution in [0.3, 0.4) is 0 Å². The molecule has 28 heavy (non-hydrogen) atoms. The molecule has 0 aliphatic rings. The van der Waals surface area contributed by atoms with Crippen molar-refractivity contribution in [3.63, 3.8) is 0 Å². The average Bonchev–Trinajstić information content (AvgIpc) is 2.68. The number of carboxylic acids is 1. The number of allylic oxidation sites excluding steroid dienone is 1. The zero-order valence-corrected chi connectivity index (χ0v) is 17.2. The van der Waals surface area contributed by atoms with E-state index in [-0.39, 0.29) is 19.4 Å². The van der Waals surface area contributed by atoms with Gasteiger partial charge in [-0.2, -0.15) is 0 Å². The molecule has 5 heteroatoms. The van der Waals surface area contributed by atoms with Gasteiger partial charge in [-0.25, -0.2) is 0 Å². The molecular weight excluding hydrogens is 356 g/mol. The van der Waals surface area contributed by atoms with E-state index in [4.69, 9.17) is 9.47 Å². The number of esters is 1. The fourth-order valence-electron chi connectivity index (χ4n) is 3.09. The van der Waals surface area contributed by atoms with Crippen molar-refractivity contribution < 1.29 is 24.2 Å². The molecule has 0 aliphatic heterocycles. The number of hydrogen-bond acceptors (Lipinski definition) is 4. The number of unbranched alkanes of at least 4 members (excludes halogenated alkanes) is 4. The quantitative estimate of drug-likeness (QED) is 0.193. The van der Waals surface area contributed by atoms with Crippen LogP contribution >= 0.6 is 0 Å². The minimum Gasteiger partial charge on any atom is -0.494 e. The monoisotopic (exact) mass is 390 g/mol. The first kappa shape index (κ1) is 23.7. The lowest BCUT2D eigenvalue weighted by molar-refractivity contribution is -0.169. The third-order valence-corrected chi connectivity index (χ3v) is 4.85. The molecule has 0 radical (unpaired) electrons. The largest absolute Gasteiger partial charge is 0.494 e. The van der Waals surface area contributed by atoms with Crippen molar-refractivity contribution in [2.45, 2.75) is 65.2 Å². The van der Waals surface area contributed by atoms with E-state index >= 15 is 0 Å². The van der Waals surface area contributed by atoms with Gasteiger partial charge in [-0.05, 0) is 50.3 Å². The van der Waals surface area contributed by atoms with Crippen molar-refractivity contribution >= 4 is 11.9 Å². The summed E-state index contributed by atoms with van der Waals surface area (Å²) in [6, 6.07) is 7.61. The third-order valence-electron chi connectivity index (χ3n) is 4.85. The molecule has 1 aromatic rings. The van der Waals surface area contributed by atoms with Crippen LogP contribution in [0.5, 0.6) is 5.75 Å². The molecule has 0 heterocycles. The van der Waals surface area contributed by atoms with Crippen LogP contribution in [-0.2, 0) is 20.7 Å². The normalized spacial score (nSPS) is 12.8. The number of hydrogen-bond donors (Lipinski definition) is 1.